The van der Waals surface area contributed by atoms with Crippen LogP contribution in [-0.4, -0.2) is 38.9 Å². The SMILES string of the molecule is C=CCNC(C(=O)OC)C1CCOCC1. The van der Waals surface area contributed by atoms with Gasteiger partial charge in [0.15, 0.2) is 0 Å². The summed E-state index contributed by atoms with van der Waals surface area (Å²) in [6.45, 7) is 5.71. The lowest BCUT2D eigenvalue weighted by Gasteiger charge is -2.28. The van der Waals surface area contributed by atoms with Crippen LogP contribution in [0.1, 0.15) is 12.8 Å². The summed E-state index contributed by atoms with van der Waals surface area (Å²) in [6, 6.07) is -0.225. The molecule has 0 radical (unpaired) electrons. The van der Waals surface area contributed by atoms with Crippen LogP contribution in [0.15, 0.2) is 12.7 Å². The largest absolute Gasteiger partial charge is 0.468 e. The average Bonchev–Trinajstić information content (AvgIpc) is 2.30. The molecule has 15 heavy (non-hydrogen) atoms. The number of ether oxygens (including phenoxy) is 2. The first kappa shape index (κ1) is 12.2. The van der Waals surface area contributed by atoms with Gasteiger partial charge in [-0.15, -0.1) is 6.58 Å². The van der Waals surface area contributed by atoms with Crippen LogP contribution in [-0.2, 0) is 14.3 Å². The highest BCUT2D eigenvalue weighted by atomic mass is 16.5. The van der Waals surface area contributed by atoms with E-state index in [1.165, 1.54) is 7.11 Å². The maximum absolute atomic E-state index is 11.6. The first-order valence-electron chi connectivity index (χ1n) is 5.29. The third-order valence-corrected chi connectivity index (χ3v) is 2.67. The Labute approximate surface area is 90.6 Å². The van der Waals surface area contributed by atoms with Gasteiger partial charge in [0.25, 0.3) is 0 Å². The molecule has 4 nitrogen and oxygen atoms in total. The summed E-state index contributed by atoms with van der Waals surface area (Å²) < 4.78 is 10.1. The molecule has 1 aliphatic heterocycles. The van der Waals surface area contributed by atoms with Crippen LogP contribution in [0.5, 0.6) is 0 Å². The number of hydrogen-bond donors (Lipinski definition) is 1. The highest BCUT2D eigenvalue weighted by Crippen LogP contribution is 2.19. The van der Waals surface area contributed by atoms with Crippen molar-refractivity contribution in [1.82, 2.24) is 5.32 Å². The summed E-state index contributed by atoms with van der Waals surface area (Å²) in [5, 5.41) is 3.14. The number of carbonyl (C=O) groups is 1. The second-order valence-corrected chi connectivity index (χ2v) is 3.65. The molecule has 1 atom stereocenters. The Balaban J connectivity index is 2.52. The molecular weight excluding hydrogens is 194 g/mol. The van der Waals surface area contributed by atoms with Crippen molar-refractivity contribution in [2.45, 2.75) is 18.9 Å². The lowest BCUT2D eigenvalue weighted by Crippen LogP contribution is -2.45. The van der Waals surface area contributed by atoms with Crippen molar-refractivity contribution in [3.63, 3.8) is 0 Å². The van der Waals surface area contributed by atoms with Gasteiger partial charge < -0.3 is 14.8 Å². The average molecular weight is 213 g/mol. The molecule has 1 fully saturated rings. The number of hydrogen-bond acceptors (Lipinski definition) is 4. The number of nitrogens with one attached hydrogen (secondary N) is 1. The van der Waals surface area contributed by atoms with Crippen LogP contribution in [0.25, 0.3) is 0 Å². The minimum Gasteiger partial charge on any atom is -0.468 e. The molecule has 0 aromatic carbocycles. The van der Waals surface area contributed by atoms with E-state index in [0.29, 0.717) is 12.5 Å². The van der Waals surface area contributed by atoms with E-state index >= 15 is 0 Å². The van der Waals surface area contributed by atoms with E-state index < -0.39 is 0 Å². The summed E-state index contributed by atoms with van der Waals surface area (Å²) in [5.74, 6) is 0.120. The highest BCUT2D eigenvalue weighted by molar-refractivity contribution is 5.76. The predicted octanol–water partition coefficient (Wildman–Crippen LogP) is 0.730. The van der Waals surface area contributed by atoms with Crippen LogP contribution < -0.4 is 5.32 Å². The molecule has 86 valence electrons. The molecule has 1 saturated heterocycles. The molecule has 1 aliphatic rings. The van der Waals surface area contributed by atoms with E-state index in [-0.39, 0.29) is 12.0 Å². The van der Waals surface area contributed by atoms with Gasteiger partial charge in [-0.1, -0.05) is 6.08 Å². The normalized spacial score (nSPS) is 19.5. The van der Waals surface area contributed by atoms with Crippen molar-refractivity contribution in [2.24, 2.45) is 5.92 Å². The van der Waals surface area contributed by atoms with E-state index in [1.807, 2.05) is 0 Å². The first-order chi connectivity index (χ1) is 7.29. The fraction of sp³-hybridized carbons (Fsp3) is 0.727. The summed E-state index contributed by atoms with van der Waals surface area (Å²) >= 11 is 0. The highest BCUT2D eigenvalue weighted by Gasteiger charge is 2.29. The predicted molar refractivity (Wildman–Crippen MR) is 57.5 cm³/mol. The summed E-state index contributed by atoms with van der Waals surface area (Å²) in [5.41, 5.74) is 0. The fourth-order valence-electron chi connectivity index (χ4n) is 1.83. The Morgan fingerprint density at radius 2 is 2.33 bits per heavy atom. The Morgan fingerprint density at radius 3 is 2.87 bits per heavy atom. The molecule has 1 unspecified atom stereocenters. The van der Waals surface area contributed by atoms with Gasteiger partial charge in [-0.05, 0) is 18.8 Å². The van der Waals surface area contributed by atoms with Crippen LogP contribution in [0.2, 0.25) is 0 Å². The van der Waals surface area contributed by atoms with Crippen LogP contribution in [0.4, 0.5) is 0 Å². The van der Waals surface area contributed by atoms with Crippen molar-refractivity contribution >= 4 is 5.97 Å². The molecule has 0 aromatic rings. The molecule has 0 spiro atoms. The Kier molecular flexibility index (Phi) is 5.36. The summed E-state index contributed by atoms with van der Waals surface area (Å²) in [6.07, 6.45) is 3.56. The third-order valence-electron chi connectivity index (χ3n) is 2.67. The molecule has 0 aliphatic carbocycles. The molecule has 0 aromatic heterocycles. The van der Waals surface area contributed by atoms with E-state index in [1.54, 1.807) is 6.08 Å². The topological polar surface area (TPSA) is 47.6 Å². The van der Waals surface area contributed by atoms with E-state index in [0.717, 1.165) is 26.1 Å². The van der Waals surface area contributed by atoms with Crippen molar-refractivity contribution in [3.05, 3.63) is 12.7 Å². The van der Waals surface area contributed by atoms with Gasteiger partial charge in [0.2, 0.25) is 0 Å². The molecule has 0 amide bonds. The minimum atomic E-state index is -0.225. The van der Waals surface area contributed by atoms with Gasteiger partial charge in [0.1, 0.15) is 6.04 Å². The molecule has 1 rings (SSSR count). The number of rotatable bonds is 5. The van der Waals surface area contributed by atoms with Crippen molar-refractivity contribution < 1.29 is 14.3 Å². The summed E-state index contributed by atoms with van der Waals surface area (Å²) in [4.78, 5) is 11.6. The minimum absolute atomic E-state index is 0.191. The smallest absolute Gasteiger partial charge is 0.323 e. The van der Waals surface area contributed by atoms with Gasteiger partial charge >= 0.3 is 5.97 Å². The number of carbonyl (C=O) groups excluding carboxylic acids is 1. The molecule has 0 bridgehead atoms. The Morgan fingerprint density at radius 1 is 1.67 bits per heavy atom. The zero-order valence-corrected chi connectivity index (χ0v) is 9.20. The van der Waals surface area contributed by atoms with Crippen LogP contribution in [0.3, 0.4) is 0 Å². The quantitative estimate of drug-likeness (QED) is 0.540. The lowest BCUT2D eigenvalue weighted by molar-refractivity contribution is -0.145. The first-order valence-corrected chi connectivity index (χ1v) is 5.29. The molecule has 0 saturated carbocycles. The van der Waals surface area contributed by atoms with Gasteiger partial charge in [0, 0.05) is 19.8 Å². The van der Waals surface area contributed by atoms with Crippen molar-refractivity contribution in [3.8, 4) is 0 Å². The molecular formula is C11H19NO3. The molecule has 1 heterocycles. The molecule has 1 N–H and O–H groups in total. The summed E-state index contributed by atoms with van der Waals surface area (Å²) in [7, 11) is 1.42. The van der Waals surface area contributed by atoms with Crippen molar-refractivity contribution in [2.75, 3.05) is 26.9 Å². The maximum atomic E-state index is 11.6. The second kappa shape index (κ2) is 6.58. The van der Waals surface area contributed by atoms with Gasteiger partial charge in [-0.2, -0.15) is 0 Å². The standard InChI is InChI=1S/C11H19NO3/c1-3-6-12-10(11(13)14-2)9-4-7-15-8-5-9/h3,9-10,12H,1,4-8H2,2H3. The van der Waals surface area contributed by atoms with E-state index in [2.05, 4.69) is 11.9 Å². The Bertz CT molecular complexity index is 212. The van der Waals surface area contributed by atoms with E-state index in [9.17, 15) is 4.79 Å². The number of methoxy groups -OCH3 is 1. The van der Waals surface area contributed by atoms with Crippen LogP contribution >= 0.6 is 0 Å². The maximum Gasteiger partial charge on any atom is 0.323 e. The van der Waals surface area contributed by atoms with Crippen molar-refractivity contribution in [1.29, 1.82) is 0 Å². The van der Waals surface area contributed by atoms with Gasteiger partial charge in [0.05, 0.1) is 7.11 Å². The van der Waals surface area contributed by atoms with Crippen LogP contribution in [0, 0.1) is 5.92 Å². The zero-order valence-electron chi connectivity index (χ0n) is 9.20. The van der Waals surface area contributed by atoms with E-state index in [4.69, 9.17) is 9.47 Å². The fourth-order valence-corrected chi connectivity index (χ4v) is 1.83. The van der Waals surface area contributed by atoms with Gasteiger partial charge in [-0.25, -0.2) is 0 Å². The number of esters is 1. The monoisotopic (exact) mass is 213 g/mol. The van der Waals surface area contributed by atoms with Gasteiger partial charge in [-0.3, -0.25) is 4.79 Å². The lowest BCUT2D eigenvalue weighted by atomic mass is 9.91. The Hall–Kier alpha value is -0.870. The second-order valence-electron chi connectivity index (χ2n) is 3.65. The molecule has 4 heteroatoms. The third kappa shape index (κ3) is 3.64. The zero-order chi connectivity index (χ0) is 11.1.